The quantitative estimate of drug-likeness (QED) is 0.860. The first-order chi connectivity index (χ1) is 11.2. The van der Waals surface area contributed by atoms with Crippen molar-refractivity contribution in [1.29, 1.82) is 0 Å². The van der Waals surface area contributed by atoms with Crippen molar-refractivity contribution < 1.29 is 4.74 Å². The second kappa shape index (κ2) is 6.83. The molecule has 0 bridgehead atoms. The fourth-order valence-corrected chi connectivity index (χ4v) is 2.91. The molecule has 1 aromatic carbocycles. The number of nitrogens with zero attached hydrogens (tertiary/aromatic N) is 4. The van der Waals surface area contributed by atoms with Gasteiger partial charge >= 0.3 is 0 Å². The number of hydrogen-bond acceptors (Lipinski definition) is 5. The molecule has 0 saturated carbocycles. The second-order valence-corrected chi connectivity index (χ2v) is 5.88. The highest BCUT2D eigenvalue weighted by molar-refractivity contribution is 5.80. The average molecular weight is 313 g/mol. The van der Waals surface area contributed by atoms with Crippen LogP contribution in [0.4, 0.5) is 5.95 Å². The summed E-state index contributed by atoms with van der Waals surface area (Å²) in [6.07, 6.45) is 6.16. The maximum absolute atomic E-state index is 5.80. The van der Waals surface area contributed by atoms with Gasteiger partial charge in [0.15, 0.2) is 0 Å². The molecule has 1 aliphatic heterocycles. The lowest BCUT2D eigenvalue weighted by Gasteiger charge is -2.17. The molecule has 0 spiro atoms. The molecule has 0 amide bonds. The summed E-state index contributed by atoms with van der Waals surface area (Å²) in [5.41, 5.74) is 8.86. The van der Waals surface area contributed by atoms with E-state index in [4.69, 9.17) is 10.5 Å². The van der Waals surface area contributed by atoms with E-state index in [9.17, 15) is 0 Å². The number of likely N-dealkylation sites (tertiary alicyclic amines) is 1. The van der Waals surface area contributed by atoms with Gasteiger partial charge in [0.2, 0.25) is 5.95 Å². The van der Waals surface area contributed by atoms with E-state index in [1.165, 1.54) is 18.4 Å². The molecule has 122 valence electrons. The Morgan fingerprint density at radius 1 is 1.35 bits per heavy atom. The molecule has 1 aromatic heterocycles. The van der Waals surface area contributed by atoms with Crippen molar-refractivity contribution >= 4 is 12.2 Å². The standard InChI is InChI=1S/C17H23N5O/c1-13-11-22(17(18)20-13)19-10-14-5-6-16(23-2)15(9-14)12-21-7-3-4-8-21/h5-6,9-11H,3-4,7-8,12H2,1-2H3,(H2,18,20). The third kappa shape index (κ3) is 3.71. The van der Waals surface area contributed by atoms with Crippen LogP contribution in [0.15, 0.2) is 29.5 Å². The van der Waals surface area contributed by atoms with Gasteiger partial charge in [-0.25, -0.2) is 9.66 Å². The van der Waals surface area contributed by atoms with Crippen molar-refractivity contribution in [3.8, 4) is 5.75 Å². The van der Waals surface area contributed by atoms with Gasteiger partial charge in [-0.2, -0.15) is 5.10 Å². The van der Waals surface area contributed by atoms with E-state index in [-0.39, 0.29) is 0 Å². The number of benzene rings is 1. The predicted molar refractivity (Wildman–Crippen MR) is 91.9 cm³/mol. The van der Waals surface area contributed by atoms with E-state index in [0.29, 0.717) is 5.95 Å². The van der Waals surface area contributed by atoms with E-state index < -0.39 is 0 Å². The summed E-state index contributed by atoms with van der Waals surface area (Å²) >= 11 is 0. The van der Waals surface area contributed by atoms with Crippen LogP contribution in [0.5, 0.6) is 5.75 Å². The fourth-order valence-electron chi connectivity index (χ4n) is 2.91. The number of imidazole rings is 1. The van der Waals surface area contributed by atoms with Crippen LogP contribution in [-0.4, -0.2) is 41.0 Å². The van der Waals surface area contributed by atoms with Crippen LogP contribution >= 0.6 is 0 Å². The highest BCUT2D eigenvalue weighted by Crippen LogP contribution is 2.23. The van der Waals surface area contributed by atoms with Crippen LogP contribution in [0, 0.1) is 6.92 Å². The molecule has 2 heterocycles. The largest absolute Gasteiger partial charge is 0.496 e. The molecule has 0 radical (unpaired) electrons. The summed E-state index contributed by atoms with van der Waals surface area (Å²) in [6, 6.07) is 6.12. The number of aromatic nitrogens is 2. The highest BCUT2D eigenvalue weighted by Gasteiger charge is 2.14. The van der Waals surface area contributed by atoms with Gasteiger partial charge in [-0.15, -0.1) is 0 Å². The Morgan fingerprint density at radius 2 is 2.13 bits per heavy atom. The van der Waals surface area contributed by atoms with Crippen molar-refractivity contribution in [3.63, 3.8) is 0 Å². The highest BCUT2D eigenvalue weighted by atomic mass is 16.5. The van der Waals surface area contributed by atoms with Gasteiger partial charge in [-0.05, 0) is 56.6 Å². The smallest absolute Gasteiger partial charge is 0.221 e. The zero-order valence-corrected chi connectivity index (χ0v) is 13.7. The molecule has 0 atom stereocenters. The van der Waals surface area contributed by atoms with Crippen LogP contribution in [-0.2, 0) is 6.54 Å². The molecule has 0 aliphatic carbocycles. The summed E-state index contributed by atoms with van der Waals surface area (Å²) in [6.45, 7) is 5.12. The van der Waals surface area contributed by atoms with E-state index in [1.807, 2.05) is 19.1 Å². The summed E-state index contributed by atoms with van der Waals surface area (Å²) in [5, 5.41) is 4.38. The van der Waals surface area contributed by atoms with Gasteiger partial charge < -0.3 is 10.5 Å². The molecule has 2 N–H and O–H groups in total. The SMILES string of the molecule is COc1ccc(C=Nn2cc(C)nc2N)cc1CN1CCCC1. The minimum atomic E-state index is 0.393. The van der Waals surface area contributed by atoms with Crippen molar-refractivity contribution in [2.75, 3.05) is 25.9 Å². The van der Waals surface area contributed by atoms with E-state index in [1.54, 1.807) is 24.2 Å². The first-order valence-corrected chi connectivity index (χ1v) is 7.91. The Morgan fingerprint density at radius 3 is 2.78 bits per heavy atom. The number of rotatable bonds is 5. The van der Waals surface area contributed by atoms with Crippen molar-refractivity contribution in [2.45, 2.75) is 26.3 Å². The minimum Gasteiger partial charge on any atom is -0.496 e. The lowest BCUT2D eigenvalue weighted by Crippen LogP contribution is -2.18. The van der Waals surface area contributed by atoms with Gasteiger partial charge in [0.25, 0.3) is 0 Å². The minimum absolute atomic E-state index is 0.393. The number of anilines is 1. The Hall–Kier alpha value is -2.34. The normalized spacial score (nSPS) is 15.6. The maximum atomic E-state index is 5.80. The average Bonchev–Trinajstić information content (AvgIpc) is 3.15. The first kappa shape index (κ1) is 15.6. The summed E-state index contributed by atoms with van der Waals surface area (Å²) in [4.78, 5) is 6.59. The maximum Gasteiger partial charge on any atom is 0.221 e. The van der Waals surface area contributed by atoms with Crippen LogP contribution in [0.1, 0.15) is 29.7 Å². The predicted octanol–water partition coefficient (Wildman–Crippen LogP) is 2.26. The molecule has 23 heavy (non-hydrogen) atoms. The third-order valence-electron chi connectivity index (χ3n) is 4.06. The molecule has 0 unspecified atom stereocenters. The molecule has 1 fully saturated rings. The van der Waals surface area contributed by atoms with Crippen molar-refractivity contribution in [1.82, 2.24) is 14.6 Å². The molecule has 6 heteroatoms. The number of hydrogen-bond donors (Lipinski definition) is 1. The van der Waals surface area contributed by atoms with Crippen LogP contribution in [0.25, 0.3) is 0 Å². The number of nitrogen functional groups attached to an aromatic ring is 1. The molecular formula is C17H23N5O. The number of ether oxygens (including phenoxy) is 1. The van der Waals surface area contributed by atoms with Gasteiger partial charge in [0, 0.05) is 12.1 Å². The Labute approximate surface area is 136 Å². The van der Waals surface area contributed by atoms with Crippen LogP contribution < -0.4 is 10.5 Å². The van der Waals surface area contributed by atoms with Gasteiger partial charge in [0.05, 0.1) is 25.2 Å². The Balaban J connectivity index is 1.80. The second-order valence-electron chi connectivity index (χ2n) is 5.88. The number of nitrogens with two attached hydrogens (primary N) is 1. The van der Waals surface area contributed by atoms with Gasteiger partial charge in [-0.3, -0.25) is 4.90 Å². The van der Waals surface area contributed by atoms with E-state index in [0.717, 1.165) is 36.6 Å². The molecule has 1 aliphatic rings. The first-order valence-electron chi connectivity index (χ1n) is 7.91. The van der Waals surface area contributed by atoms with Crippen molar-refractivity contribution in [2.24, 2.45) is 5.10 Å². The fraction of sp³-hybridized carbons (Fsp3) is 0.412. The third-order valence-corrected chi connectivity index (χ3v) is 4.06. The molecular weight excluding hydrogens is 290 g/mol. The topological polar surface area (TPSA) is 68.7 Å². The number of aryl methyl sites for hydroxylation is 1. The van der Waals surface area contributed by atoms with Crippen molar-refractivity contribution in [3.05, 3.63) is 41.2 Å². The molecule has 1 saturated heterocycles. The summed E-state index contributed by atoms with van der Waals surface area (Å²) < 4.78 is 7.07. The lowest BCUT2D eigenvalue weighted by atomic mass is 10.1. The molecule has 3 rings (SSSR count). The zero-order valence-electron chi connectivity index (χ0n) is 13.7. The van der Waals surface area contributed by atoms with Crippen LogP contribution in [0.2, 0.25) is 0 Å². The molecule has 6 nitrogen and oxygen atoms in total. The van der Waals surface area contributed by atoms with Gasteiger partial charge in [0.1, 0.15) is 5.75 Å². The van der Waals surface area contributed by atoms with E-state index in [2.05, 4.69) is 21.1 Å². The summed E-state index contributed by atoms with van der Waals surface area (Å²) in [5.74, 6) is 1.32. The molecule has 2 aromatic rings. The van der Waals surface area contributed by atoms with E-state index >= 15 is 0 Å². The van der Waals surface area contributed by atoms with Gasteiger partial charge in [-0.1, -0.05) is 0 Å². The monoisotopic (exact) mass is 313 g/mol. The van der Waals surface area contributed by atoms with Crippen LogP contribution in [0.3, 0.4) is 0 Å². The Kier molecular flexibility index (Phi) is 4.62. The summed E-state index contributed by atoms with van der Waals surface area (Å²) in [7, 11) is 1.71. The number of methoxy groups -OCH3 is 1. The Bertz CT molecular complexity index is 701. The zero-order chi connectivity index (χ0) is 16.2. The lowest BCUT2D eigenvalue weighted by molar-refractivity contribution is 0.321.